The van der Waals surface area contributed by atoms with E-state index in [-0.39, 0.29) is 84.7 Å². The normalized spacial score (nSPS) is 9.17. The second kappa shape index (κ2) is 41.3. The number of carboxylic acids is 4. The molecule has 0 heterocycles. The fourth-order valence-electron chi connectivity index (χ4n) is 0.907. The van der Waals surface area contributed by atoms with Crippen LogP contribution in [0.3, 0.4) is 0 Å². The number of nitrogens with zero attached hydrogens (tertiary/aromatic N) is 4. The maximum Gasteiger partial charge on any atom is 0.306 e. The van der Waals surface area contributed by atoms with Gasteiger partial charge in [0.1, 0.15) is 0 Å². The number of aliphatic hydroxyl groups is 2. The van der Waals surface area contributed by atoms with E-state index < -0.39 is 69.6 Å². The van der Waals surface area contributed by atoms with E-state index >= 15 is 0 Å². The number of aliphatic carboxylic acids is 4. The molecular weight excluding hydrogens is 742 g/mol. The molecule has 0 rings (SSSR count). The molecule has 0 aromatic heterocycles. The third-order valence-corrected chi connectivity index (χ3v) is 2.44. The quantitative estimate of drug-likeness (QED) is 0.0662. The Morgan fingerprint density at radius 3 is 1.02 bits per heavy atom. The molecule has 0 aliphatic rings. The summed E-state index contributed by atoms with van der Waals surface area (Å²) in [6.07, 6.45) is -0.187. The van der Waals surface area contributed by atoms with Crippen molar-refractivity contribution in [2.24, 2.45) is 11.8 Å². The van der Waals surface area contributed by atoms with Gasteiger partial charge in [0.25, 0.3) is 20.3 Å². The largest absolute Gasteiger partial charge is 0.481 e. The van der Waals surface area contributed by atoms with Crippen LogP contribution in [0.15, 0.2) is 0 Å². The van der Waals surface area contributed by atoms with Crippen LogP contribution in [0.4, 0.5) is 0 Å². The van der Waals surface area contributed by atoms with Crippen LogP contribution in [-0.4, -0.2) is 98.9 Å². The van der Waals surface area contributed by atoms with Crippen molar-refractivity contribution in [3.05, 3.63) is 40.5 Å². The summed E-state index contributed by atoms with van der Waals surface area (Å²) in [5, 5.41) is 91.0. The van der Waals surface area contributed by atoms with Gasteiger partial charge in [0.15, 0.2) is 13.6 Å². The molecule has 26 nitrogen and oxygen atoms in total. The minimum Gasteiger partial charge on any atom is -0.481 e. The molecule has 0 aliphatic carbocycles. The number of hydrogen-bond donors (Lipinski definition) is 8. The second-order valence-electron chi connectivity index (χ2n) is 5.45. The van der Waals surface area contributed by atoms with Gasteiger partial charge >= 0.3 is 23.9 Å². The summed E-state index contributed by atoms with van der Waals surface area (Å²) in [5.41, 5.74) is 0. The van der Waals surface area contributed by atoms with E-state index in [0.29, 0.717) is 0 Å². The van der Waals surface area contributed by atoms with Crippen molar-refractivity contribution in [2.45, 2.75) is 33.1 Å². The zero-order valence-corrected chi connectivity index (χ0v) is 26.6. The first-order valence-electron chi connectivity index (χ1n) is 8.90. The predicted molar refractivity (Wildman–Crippen MR) is 111 cm³/mol. The molecule has 41 heavy (non-hydrogen) atoms. The van der Waals surface area contributed by atoms with Crippen LogP contribution in [0.25, 0.3) is 0 Å². The maximum absolute atomic E-state index is 10.1. The predicted octanol–water partition coefficient (Wildman–Crippen LogP) is -1.66. The Morgan fingerprint density at radius 1 is 0.659 bits per heavy atom. The Labute approximate surface area is 277 Å². The molecule has 8 N–H and O–H groups in total. The zero-order valence-electron chi connectivity index (χ0n) is 20.9. The summed E-state index contributed by atoms with van der Waals surface area (Å²) >= 11 is 0. The van der Waals surface area contributed by atoms with Gasteiger partial charge in [-0.15, -0.1) is 40.5 Å². The molecule has 2 radical (unpaired) electrons. The van der Waals surface area contributed by atoms with Gasteiger partial charge in [-0.25, -0.2) is 0 Å². The van der Waals surface area contributed by atoms with Crippen LogP contribution in [0.5, 0.6) is 0 Å². The van der Waals surface area contributed by atoms with Gasteiger partial charge in [0, 0.05) is 71.8 Å². The van der Waals surface area contributed by atoms with Crippen molar-refractivity contribution < 1.29 is 156 Å². The molecule has 236 valence electrons. The van der Waals surface area contributed by atoms with E-state index in [1.165, 1.54) is 13.8 Å². The Morgan fingerprint density at radius 2 is 0.927 bits per heavy atom. The summed E-state index contributed by atoms with van der Waals surface area (Å²) in [6, 6.07) is 0. The average molecular weight is 768 g/mol. The van der Waals surface area contributed by atoms with Gasteiger partial charge in [0.2, 0.25) is 0 Å². The summed E-state index contributed by atoms with van der Waals surface area (Å²) in [7, 11) is 0. The smallest absolute Gasteiger partial charge is 0.306 e. The molecule has 0 fully saturated rings. The van der Waals surface area contributed by atoms with Gasteiger partial charge in [-0.1, -0.05) is 13.8 Å². The fraction of sp³-hybridized carbons (Fsp3) is 0.692. The van der Waals surface area contributed by atoms with Gasteiger partial charge in [-0.3, -0.25) is 28.9 Å². The van der Waals surface area contributed by atoms with Crippen molar-refractivity contribution in [3.63, 3.8) is 0 Å². The number of carboxylic acid groups (broad SMARTS) is 4. The summed E-state index contributed by atoms with van der Waals surface area (Å²) < 4.78 is 0. The summed E-state index contributed by atoms with van der Waals surface area (Å²) in [5.74, 6) is -5.39. The van der Waals surface area contributed by atoms with E-state index in [1.807, 2.05) is 0 Å². The van der Waals surface area contributed by atoms with Crippen molar-refractivity contribution in [1.29, 1.82) is 0 Å². The third-order valence-electron chi connectivity index (χ3n) is 2.44. The molecular formula is C13H26N4O22Y2. The third kappa shape index (κ3) is 114. The molecule has 0 bridgehead atoms. The van der Waals surface area contributed by atoms with Crippen molar-refractivity contribution >= 4 is 23.9 Å². The zero-order chi connectivity index (χ0) is 32.7. The Hall–Kier alpha value is -3.19. The molecule has 0 aromatic carbocycles. The van der Waals surface area contributed by atoms with Crippen LogP contribution in [0.2, 0.25) is 0 Å². The number of rotatable bonds is 11. The van der Waals surface area contributed by atoms with Crippen LogP contribution >= 0.6 is 0 Å². The van der Waals surface area contributed by atoms with E-state index in [2.05, 4.69) is 9.68 Å². The maximum atomic E-state index is 10.1. The van der Waals surface area contributed by atoms with E-state index in [0.717, 1.165) is 0 Å². The Balaban J connectivity index is -0.0000000544. The van der Waals surface area contributed by atoms with Gasteiger partial charge < -0.3 is 41.1 Å². The van der Waals surface area contributed by atoms with Gasteiger partial charge in [0.05, 0.1) is 18.3 Å². The van der Waals surface area contributed by atoms with Crippen molar-refractivity contribution in [3.8, 4) is 0 Å². The van der Waals surface area contributed by atoms with Gasteiger partial charge in [-0.05, 0) is 6.42 Å². The van der Waals surface area contributed by atoms with Crippen LogP contribution in [0, 0.1) is 52.3 Å². The average Bonchev–Trinajstić information content (AvgIpc) is 2.71. The first kappa shape index (κ1) is 57.7. The Kier molecular flexibility index (Phi) is 58.1. The topological polar surface area (TPSA) is 421 Å². The first-order chi connectivity index (χ1) is 17.6. The second-order valence-corrected chi connectivity index (χ2v) is 5.45. The Bertz CT molecular complexity index is 719. The molecule has 0 amide bonds. The molecule has 0 aromatic rings. The molecule has 0 aliphatic heterocycles. The first-order valence-corrected chi connectivity index (χ1v) is 8.90. The fourth-order valence-corrected chi connectivity index (χ4v) is 0.907. The van der Waals surface area contributed by atoms with Crippen molar-refractivity contribution in [2.75, 3.05) is 13.6 Å². The monoisotopic (exact) mass is 768 g/mol. The van der Waals surface area contributed by atoms with Crippen LogP contribution in [0.1, 0.15) is 33.1 Å². The SMILES string of the molecule is CC(CC(=O)O)C(=O)O.CC(CCC(=O)O)C(=O)O.O=[N+]([O-])O.O=[N+]([O-])O.O=[N+]([O-])OCO.O=[N+]([O-])OCO.[Y].[Y]. The van der Waals surface area contributed by atoms with Crippen LogP contribution < -0.4 is 0 Å². The van der Waals surface area contributed by atoms with E-state index in [1.54, 1.807) is 0 Å². The molecule has 2 unspecified atom stereocenters. The molecule has 0 saturated heterocycles. The minimum atomic E-state index is -1.50. The van der Waals surface area contributed by atoms with Gasteiger partial charge in [-0.2, -0.15) is 0 Å². The molecule has 28 heteroatoms. The number of aliphatic hydroxyl groups excluding tert-OH is 2. The van der Waals surface area contributed by atoms with E-state index in [9.17, 15) is 19.2 Å². The number of hydrogen-bond acceptors (Lipinski definition) is 16. The standard InChI is InChI=1S/C6H10O4.C5H8O4.2CH3NO4.2HNO3.2Y/c1-4(6(9)10)2-3-5(7)8;1-3(5(8)9)2-4(6)7;2*3-1-6-2(4)5;2*2-1(3)4;;/h4H,2-3H2,1H3,(H,7,8)(H,9,10);3H,2H2,1H3,(H,6,7)(H,8,9);2*3H,1H2;2*(H,2,3,4);;. The van der Waals surface area contributed by atoms with E-state index in [4.69, 9.17) is 81.5 Å². The summed E-state index contributed by atoms with van der Waals surface area (Å²) in [6.45, 7) is 1.11. The van der Waals surface area contributed by atoms with Crippen LogP contribution in [-0.2, 0) is 94.3 Å². The summed E-state index contributed by atoms with van der Waals surface area (Å²) in [4.78, 5) is 81.3. The number of carbonyl (C=O) groups is 4. The molecule has 0 saturated carbocycles. The minimum absolute atomic E-state index is 0. The molecule has 0 spiro atoms. The molecule has 2 atom stereocenters. The van der Waals surface area contributed by atoms with Crippen molar-refractivity contribution in [1.82, 2.24) is 0 Å².